The van der Waals surface area contributed by atoms with Gasteiger partial charge < -0.3 is 31.9 Å². The number of primary amides is 1. The molecule has 0 aromatic heterocycles. The normalized spacial score (nSPS) is 12.7. The molecular weight excluding hydrogens is 534 g/mol. The highest BCUT2D eigenvalue weighted by Gasteiger charge is 2.29. The average Bonchev–Trinajstić information content (AvgIpc) is 2.96. The molecule has 0 saturated heterocycles. The Balaban J connectivity index is 1.98. The molecule has 2 unspecified atom stereocenters. The van der Waals surface area contributed by atoms with E-state index >= 15 is 0 Å². The molecule has 10 heteroatoms. The minimum atomic E-state index is -1.16. The van der Waals surface area contributed by atoms with Gasteiger partial charge in [-0.1, -0.05) is 43.0 Å². The molecule has 0 saturated carbocycles. The Bertz CT molecular complexity index is 1510. The van der Waals surface area contributed by atoms with Gasteiger partial charge in [-0.2, -0.15) is 0 Å². The highest BCUT2D eigenvalue weighted by molar-refractivity contribution is 5.95. The molecule has 7 N–H and O–H groups in total. The lowest BCUT2D eigenvalue weighted by Gasteiger charge is -2.32. The van der Waals surface area contributed by atoms with E-state index in [1.807, 2.05) is 44.2 Å². The Morgan fingerprint density at radius 2 is 1.62 bits per heavy atom. The van der Waals surface area contributed by atoms with Gasteiger partial charge in [-0.15, -0.1) is 0 Å². The van der Waals surface area contributed by atoms with Crippen molar-refractivity contribution < 1.29 is 24.2 Å². The number of methoxy groups -OCH3 is 1. The summed E-state index contributed by atoms with van der Waals surface area (Å²) in [7, 11) is 1.38. The van der Waals surface area contributed by atoms with Crippen molar-refractivity contribution in [2.45, 2.75) is 45.8 Å². The number of aliphatic imine (C=N–C) groups is 1. The monoisotopic (exact) mass is 571 g/mol. The molecule has 0 aliphatic rings. The molecule has 3 rings (SSSR count). The van der Waals surface area contributed by atoms with Crippen molar-refractivity contribution in [1.82, 2.24) is 4.90 Å². The number of carboxylic acid groups (broad SMARTS) is 1. The number of carboxylic acids is 1. The van der Waals surface area contributed by atoms with Crippen LogP contribution < -0.4 is 21.9 Å². The number of carbonyl (C=O) groups is 3. The van der Waals surface area contributed by atoms with Crippen LogP contribution in [0.25, 0.3) is 5.70 Å². The first-order chi connectivity index (χ1) is 19.8. The fraction of sp³-hybridized carbons (Fsp3) is 0.250. The first kappa shape index (κ1) is 31.6. The van der Waals surface area contributed by atoms with Crippen molar-refractivity contribution in [3.05, 3.63) is 106 Å². The topological polar surface area (TPSA) is 174 Å². The number of benzene rings is 3. The average molecular weight is 572 g/mol. The number of carbonyl (C=O) groups excluding carboxylic acids is 2. The van der Waals surface area contributed by atoms with Gasteiger partial charge in [-0.25, -0.2) is 9.79 Å². The Hall–Kier alpha value is -4.96. The summed E-state index contributed by atoms with van der Waals surface area (Å²) in [6.45, 7) is 9.40. The van der Waals surface area contributed by atoms with Crippen LogP contribution >= 0.6 is 0 Å². The second-order valence-corrected chi connectivity index (χ2v) is 10.1. The van der Waals surface area contributed by atoms with E-state index in [4.69, 9.17) is 21.9 Å². The molecule has 3 aromatic carbocycles. The van der Waals surface area contributed by atoms with Crippen LogP contribution in [0.2, 0.25) is 0 Å². The van der Waals surface area contributed by atoms with E-state index < -0.39 is 29.9 Å². The van der Waals surface area contributed by atoms with Crippen LogP contribution in [0.3, 0.4) is 0 Å². The van der Waals surface area contributed by atoms with Gasteiger partial charge in [0.1, 0.15) is 17.1 Å². The standard InChI is InChI=1S/C32H37N5O5/c1-18-13-24(30(35)38)14-19(2)25(18)16-27(33)31(39)37(17-22-11-12-28(42-5)26(15-22)32(40)41)21(4)29(34)36-20(3)23-9-7-6-8-10-23/h6-15,21,27H,3,16-17,33H2,1-2,4-5H3,(H2,34,36)(H2,35,38)(H,40,41). The lowest BCUT2D eigenvalue weighted by molar-refractivity contribution is -0.134. The third-order valence-corrected chi connectivity index (χ3v) is 7.12. The van der Waals surface area contributed by atoms with Gasteiger partial charge in [0.05, 0.1) is 24.9 Å². The molecule has 0 radical (unpaired) electrons. The molecule has 0 heterocycles. The predicted octanol–water partition coefficient (Wildman–Crippen LogP) is 3.42. The van der Waals surface area contributed by atoms with Gasteiger partial charge in [-0.3, -0.25) is 9.59 Å². The second-order valence-electron chi connectivity index (χ2n) is 10.1. The maximum absolute atomic E-state index is 13.9. The zero-order valence-corrected chi connectivity index (χ0v) is 24.3. The number of amidine groups is 1. The van der Waals surface area contributed by atoms with Gasteiger partial charge in [0, 0.05) is 12.1 Å². The van der Waals surface area contributed by atoms with Crippen LogP contribution in [0.15, 0.2) is 72.2 Å². The Kier molecular flexibility index (Phi) is 10.2. The largest absolute Gasteiger partial charge is 0.496 e. The molecule has 0 fully saturated rings. The zero-order valence-electron chi connectivity index (χ0n) is 24.3. The number of aryl methyl sites for hydroxylation is 2. The number of hydrogen-bond acceptors (Lipinski definition) is 6. The smallest absolute Gasteiger partial charge is 0.339 e. The predicted molar refractivity (Wildman–Crippen MR) is 163 cm³/mol. The molecular formula is C32H37N5O5. The van der Waals surface area contributed by atoms with Gasteiger partial charge in [0.25, 0.3) is 0 Å². The Morgan fingerprint density at radius 1 is 1.00 bits per heavy atom. The maximum atomic E-state index is 13.9. The summed E-state index contributed by atoms with van der Waals surface area (Å²) in [6, 6.07) is 15.6. The summed E-state index contributed by atoms with van der Waals surface area (Å²) in [5.74, 6) is -1.80. The minimum absolute atomic E-state index is 0.00455. The molecule has 10 nitrogen and oxygen atoms in total. The van der Waals surface area contributed by atoms with Crippen LogP contribution in [0, 0.1) is 13.8 Å². The third kappa shape index (κ3) is 7.41. The van der Waals surface area contributed by atoms with Crippen LogP contribution in [0.1, 0.15) is 55.5 Å². The van der Waals surface area contributed by atoms with E-state index in [0.29, 0.717) is 16.8 Å². The zero-order chi connectivity index (χ0) is 31.1. The van der Waals surface area contributed by atoms with E-state index in [-0.39, 0.29) is 30.1 Å². The molecule has 42 heavy (non-hydrogen) atoms. The van der Waals surface area contributed by atoms with Crippen molar-refractivity contribution in [3.63, 3.8) is 0 Å². The number of aromatic carboxylic acids is 1. The van der Waals surface area contributed by atoms with Crippen molar-refractivity contribution in [2.75, 3.05) is 7.11 Å². The molecule has 0 aliphatic heterocycles. The number of amides is 2. The van der Waals surface area contributed by atoms with Crippen LogP contribution in [0.4, 0.5) is 0 Å². The summed E-state index contributed by atoms with van der Waals surface area (Å²) in [4.78, 5) is 43.4. The van der Waals surface area contributed by atoms with E-state index in [1.165, 1.54) is 24.1 Å². The lowest BCUT2D eigenvalue weighted by atomic mass is 9.93. The summed E-state index contributed by atoms with van der Waals surface area (Å²) < 4.78 is 5.18. The third-order valence-electron chi connectivity index (χ3n) is 7.12. The first-order valence-electron chi connectivity index (χ1n) is 13.3. The first-order valence-corrected chi connectivity index (χ1v) is 13.3. The van der Waals surface area contributed by atoms with Gasteiger partial charge in [0.2, 0.25) is 11.8 Å². The van der Waals surface area contributed by atoms with Crippen LogP contribution in [-0.2, 0) is 17.8 Å². The Labute approximate surface area is 245 Å². The number of nitrogens with two attached hydrogens (primary N) is 3. The van der Waals surface area contributed by atoms with Crippen molar-refractivity contribution >= 4 is 29.3 Å². The molecule has 2 amide bonds. The number of rotatable bonds is 12. The number of hydrogen-bond donors (Lipinski definition) is 4. The van der Waals surface area contributed by atoms with E-state index in [1.54, 1.807) is 25.1 Å². The van der Waals surface area contributed by atoms with Crippen LogP contribution in [0.5, 0.6) is 5.75 Å². The highest BCUT2D eigenvalue weighted by Crippen LogP contribution is 2.23. The summed E-state index contributed by atoms with van der Waals surface area (Å²) in [6.07, 6.45) is 0.190. The van der Waals surface area contributed by atoms with Crippen molar-refractivity contribution in [3.8, 4) is 5.75 Å². The van der Waals surface area contributed by atoms with Crippen molar-refractivity contribution in [1.29, 1.82) is 0 Å². The fourth-order valence-electron chi connectivity index (χ4n) is 4.70. The maximum Gasteiger partial charge on any atom is 0.339 e. The van der Waals surface area contributed by atoms with E-state index in [9.17, 15) is 19.5 Å². The molecule has 0 bridgehead atoms. The molecule has 2 atom stereocenters. The summed E-state index contributed by atoms with van der Waals surface area (Å²) >= 11 is 0. The Morgan fingerprint density at radius 3 is 2.17 bits per heavy atom. The van der Waals surface area contributed by atoms with E-state index in [0.717, 1.165) is 22.3 Å². The molecule has 0 aliphatic carbocycles. The molecule has 3 aromatic rings. The minimum Gasteiger partial charge on any atom is -0.496 e. The molecule has 0 spiro atoms. The van der Waals surface area contributed by atoms with E-state index in [2.05, 4.69) is 11.6 Å². The van der Waals surface area contributed by atoms with Crippen molar-refractivity contribution in [2.24, 2.45) is 22.2 Å². The lowest BCUT2D eigenvalue weighted by Crippen LogP contribution is -2.52. The molecule has 220 valence electrons. The number of ether oxygens (including phenoxy) is 1. The summed E-state index contributed by atoms with van der Waals surface area (Å²) in [5.41, 5.74) is 22.8. The fourth-order valence-corrected chi connectivity index (χ4v) is 4.70. The quantitative estimate of drug-likeness (QED) is 0.190. The van der Waals surface area contributed by atoms with Gasteiger partial charge in [-0.05, 0) is 79.3 Å². The number of nitrogens with zero attached hydrogens (tertiary/aromatic N) is 2. The van der Waals surface area contributed by atoms with Gasteiger partial charge >= 0.3 is 5.97 Å². The summed E-state index contributed by atoms with van der Waals surface area (Å²) in [5, 5.41) is 9.67. The second kappa shape index (κ2) is 13.6. The van der Waals surface area contributed by atoms with Crippen LogP contribution in [-0.4, -0.2) is 52.8 Å². The highest BCUT2D eigenvalue weighted by atomic mass is 16.5. The van der Waals surface area contributed by atoms with Gasteiger partial charge in [0.15, 0.2) is 0 Å². The SMILES string of the molecule is C=C(/N=C(\N)C(C)N(Cc1ccc(OC)c(C(=O)O)c1)C(=O)C(N)Cc1c(C)cc(C(N)=O)cc1C)c1ccccc1.